The van der Waals surface area contributed by atoms with Gasteiger partial charge in [-0.05, 0) is 30.9 Å². The summed E-state index contributed by atoms with van der Waals surface area (Å²) in [4.78, 5) is 0. The van der Waals surface area contributed by atoms with Gasteiger partial charge in [0.1, 0.15) is 0 Å². The Bertz CT molecular complexity index is 309. The van der Waals surface area contributed by atoms with Gasteiger partial charge in [-0.25, -0.2) is 0 Å². The Hall–Kier alpha value is -0.795. The van der Waals surface area contributed by atoms with Crippen molar-refractivity contribution in [1.82, 2.24) is 0 Å². The van der Waals surface area contributed by atoms with Crippen LogP contribution in [0.4, 0.5) is 0 Å². The maximum absolute atomic E-state index is 9.47. The Labute approximate surface area is 72.3 Å². The van der Waals surface area contributed by atoms with E-state index in [1.165, 1.54) is 0 Å². The van der Waals surface area contributed by atoms with Crippen molar-refractivity contribution in [2.45, 2.75) is 19.4 Å². The molecule has 1 aromatic rings. The number of hydrogen-bond acceptors (Lipinski definition) is 2. The fourth-order valence-electron chi connectivity index (χ4n) is 1.60. The van der Waals surface area contributed by atoms with Crippen LogP contribution >= 0.6 is 0 Å². The van der Waals surface area contributed by atoms with Crippen LogP contribution in [-0.2, 0) is 10.3 Å². The van der Waals surface area contributed by atoms with E-state index in [1.807, 2.05) is 26.0 Å². The number of fused-ring (bicyclic) bond motifs is 1. The smallest absolute Gasteiger partial charge is 0.423 e. The summed E-state index contributed by atoms with van der Waals surface area (Å²) in [5.74, 6) is 0. The number of hydrogen-bond donors (Lipinski definition) is 1. The standard InChI is InChI=1S/C9H10BO2/c1-9(2)7-5-3-4-6-8(7)10(11)12-9/h3,5-6,11H,1-2H3. The van der Waals surface area contributed by atoms with Crippen molar-refractivity contribution in [1.29, 1.82) is 0 Å². The van der Waals surface area contributed by atoms with Crippen LogP contribution in [0.2, 0.25) is 0 Å². The Balaban J connectivity index is 2.58. The molecule has 1 N–H and O–H groups in total. The summed E-state index contributed by atoms with van der Waals surface area (Å²) in [5.41, 5.74) is 1.51. The molecular formula is C9H10BO2. The van der Waals surface area contributed by atoms with Gasteiger partial charge in [-0.3, -0.25) is 0 Å². The van der Waals surface area contributed by atoms with Gasteiger partial charge in [0.15, 0.2) is 0 Å². The van der Waals surface area contributed by atoms with E-state index in [4.69, 9.17) is 4.65 Å². The van der Waals surface area contributed by atoms with Crippen molar-refractivity contribution in [3.05, 3.63) is 29.8 Å². The van der Waals surface area contributed by atoms with Gasteiger partial charge in [-0.15, -0.1) is 0 Å². The molecule has 12 heavy (non-hydrogen) atoms. The molecule has 1 aromatic carbocycles. The van der Waals surface area contributed by atoms with Gasteiger partial charge in [-0.1, -0.05) is 18.2 Å². The van der Waals surface area contributed by atoms with Crippen molar-refractivity contribution < 1.29 is 9.68 Å². The highest BCUT2D eigenvalue weighted by atomic mass is 16.5. The van der Waals surface area contributed by atoms with Crippen LogP contribution in [0.1, 0.15) is 19.4 Å². The third-order valence-corrected chi connectivity index (χ3v) is 2.22. The highest BCUT2D eigenvalue weighted by Gasteiger charge is 2.39. The molecule has 0 amide bonds. The Morgan fingerprint density at radius 2 is 2.33 bits per heavy atom. The molecule has 0 aliphatic carbocycles. The first kappa shape index (κ1) is 7.83. The summed E-state index contributed by atoms with van der Waals surface area (Å²) in [5, 5.41) is 9.47. The van der Waals surface area contributed by atoms with Crippen molar-refractivity contribution in [2.75, 3.05) is 0 Å². The van der Waals surface area contributed by atoms with E-state index >= 15 is 0 Å². The Morgan fingerprint density at radius 1 is 1.58 bits per heavy atom. The van der Waals surface area contributed by atoms with Gasteiger partial charge in [0, 0.05) is 0 Å². The lowest BCUT2D eigenvalue weighted by molar-refractivity contribution is 0.101. The fraction of sp³-hybridized carbons (Fsp3) is 0.333. The summed E-state index contributed by atoms with van der Waals surface area (Å²) >= 11 is 0. The van der Waals surface area contributed by atoms with Crippen LogP contribution in [-0.4, -0.2) is 12.1 Å². The van der Waals surface area contributed by atoms with E-state index < -0.39 is 7.12 Å². The first-order valence-electron chi connectivity index (χ1n) is 3.97. The summed E-state index contributed by atoms with van der Waals surface area (Å²) in [6, 6.07) is 8.46. The second-order valence-corrected chi connectivity index (χ2v) is 3.49. The average molecular weight is 161 g/mol. The molecule has 2 rings (SSSR count). The van der Waals surface area contributed by atoms with Crippen LogP contribution in [0.3, 0.4) is 0 Å². The second-order valence-electron chi connectivity index (χ2n) is 3.49. The molecule has 0 atom stereocenters. The molecule has 0 saturated carbocycles. The van der Waals surface area contributed by atoms with Gasteiger partial charge in [-0.2, -0.15) is 0 Å². The van der Waals surface area contributed by atoms with Gasteiger partial charge in [0.05, 0.1) is 5.60 Å². The molecule has 61 valence electrons. The van der Waals surface area contributed by atoms with Crippen LogP contribution in [0, 0.1) is 6.07 Å². The van der Waals surface area contributed by atoms with Gasteiger partial charge < -0.3 is 9.68 Å². The van der Waals surface area contributed by atoms with Crippen molar-refractivity contribution in [3.8, 4) is 0 Å². The Kier molecular flexibility index (Phi) is 1.53. The van der Waals surface area contributed by atoms with E-state index in [9.17, 15) is 5.02 Å². The topological polar surface area (TPSA) is 29.5 Å². The molecule has 0 unspecified atom stereocenters. The molecule has 0 aromatic heterocycles. The van der Waals surface area contributed by atoms with Gasteiger partial charge >= 0.3 is 7.12 Å². The SMILES string of the molecule is CC1(C)OB(O)c2c[c]ccc21. The lowest BCUT2D eigenvalue weighted by atomic mass is 9.78. The number of benzene rings is 1. The lowest BCUT2D eigenvalue weighted by Gasteiger charge is -2.19. The van der Waals surface area contributed by atoms with Crippen LogP contribution in [0.25, 0.3) is 0 Å². The van der Waals surface area contributed by atoms with Gasteiger partial charge in [0.25, 0.3) is 0 Å². The minimum atomic E-state index is -0.785. The summed E-state index contributed by atoms with van der Waals surface area (Å²) in [6.45, 7) is 3.89. The average Bonchev–Trinajstić information content (AvgIpc) is 2.25. The van der Waals surface area contributed by atoms with Gasteiger partial charge in [0.2, 0.25) is 0 Å². The largest absolute Gasteiger partial charge is 0.492 e. The molecule has 1 aliphatic heterocycles. The molecular weight excluding hydrogens is 151 g/mol. The van der Waals surface area contributed by atoms with Crippen LogP contribution in [0.5, 0.6) is 0 Å². The molecule has 0 spiro atoms. The minimum Gasteiger partial charge on any atom is -0.423 e. The highest BCUT2D eigenvalue weighted by Crippen LogP contribution is 2.28. The monoisotopic (exact) mass is 161 g/mol. The van der Waals surface area contributed by atoms with Crippen molar-refractivity contribution in [3.63, 3.8) is 0 Å². The molecule has 0 fully saturated rings. The van der Waals surface area contributed by atoms with E-state index in [0.29, 0.717) is 0 Å². The van der Waals surface area contributed by atoms with Crippen LogP contribution in [0.15, 0.2) is 18.2 Å². The first-order chi connectivity index (χ1) is 5.61. The maximum atomic E-state index is 9.47. The summed E-state index contributed by atoms with van der Waals surface area (Å²) in [6.07, 6.45) is 0. The normalized spacial score (nSPS) is 19.4. The summed E-state index contributed by atoms with van der Waals surface area (Å²) < 4.78 is 5.35. The third-order valence-electron chi connectivity index (χ3n) is 2.22. The summed E-state index contributed by atoms with van der Waals surface area (Å²) in [7, 11) is -0.785. The molecule has 2 nitrogen and oxygen atoms in total. The van der Waals surface area contributed by atoms with E-state index in [0.717, 1.165) is 11.0 Å². The fourth-order valence-corrected chi connectivity index (χ4v) is 1.60. The van der Waals surface area contributed by atoms with E-state index in [2.05, 4.69) is 6.07 Å². The molecule has 1 heterocycles. The molecule has 1 radical (unpaired) electrons. The van der Waals surface area contributed by atoms with E-state index in [1.54, 1.807) is 6.07 Å². The molecule has 3 heteroatoms. The molecule has 0 saturated heterocycles. The number of rotatable bonds is 0. The zero-order chi connectivity index (χ0) is 8.77. The predicted octanol–water partition coefficient (Wildman–Crippen LogP) is 0.440. The van der Waals surface area contributed by atoms with Crippen LogP contribution < -0.4 is 5.46 Å². The van der Waals surface area contributed by atoms with E-state index in [-0.39, 0.29) is 5.60 Å². The molecule has 1 aliphatic rings. The minimum absolute atomic E-state index is 0.371. The third kappa shape index (κ3) is 0.975. The van der Waals surface area contributed by atoms with Crippen molar-refractivity contribution in [2.24, 2.45) is 0 Å². The quantitative estimate of drug-likeness (QED) is 0.559. The zero-order valence-electron chi connectivity index (χ0n) is 7.16. The Morgan fingerprint density at radius 3 is 3.00 bits per heavy atom. The molecule has 0 bridgehead atoms. The lowest BCUT2D eigenvalue weighted by Crippen LogP contribution is -2.28. The second kappa shape index (κ2) is 2.34. The first-order valence-corrected chi connectivity index (χ1v) is 3.97. The predicted molar refractivity (Wildman–Crippen MR) is 47.0 cm³/mol. The van der Waals surface area contributed by atoms with Crippen molar-refractivity contribution >= 4 is 12.6 Å². The zero-order valence-corrected chi connectivity index (χ0v) is 7.16. The highest BCUT2D eigenvalue weighted by molar-refractivity contribution is 6.61. The maximum Gasteiger partial charge on any atom is 0.492 e.